The van der Waals surface area contributed by atoms with E-state index in [1.165, 1.54) is 18.9 Å². The second-order valence-electron chi connectivity index (χ2n) is 5.26. The number of amides is 1. The van der Waals surface area contributed by atoms with E-state index in [0.717, 1.165) is 30.8 Å². The van der Waals surface area contributed by atoms with Gasteiger partial charge < -0.3 is 15.3 Å². The van der Waals surface area contributed by atoms with E-state index in [-0.39, 0.29) is 10.8 Å². The first kappa shape index (κ1) is 15.0. The summed E-state index contributed by atoms with van der Waals surface area (Å²) < 4.78 is 0. The van der Waals surface area contributed by atoms with Crippen molar-refractivity contribution in [3.05, 3.63) is 21.9 Å². The smallest absolute Gasteiger partial charge is 0.345 e. The lowest BCUT2D eigenvalue weighted by Crippen LogP contribution is -2.32. The van der Waals surface area contributed by atoms with Gasteiger partial charge in [-0.3, -0.25) is 4.79 Å². The molecule has 0 aromatic carbocycles. The zero-order chi connectivity index (χ0) is 14.5. The largest absolute Gasteiger partial charge is 0.477 e. The minimum atomic E-state index is -0.986. The number of thiophene rings is 1. The Kier molecular flexibility index (Phi) is 5.14. The molecule has 0 spiro atoms. The highest BCUT2D eigenvalue weighted by Gasteiger charge is 2.17. The Morgan fingerprint density at radius 3 is 2.60 bits per heavy atom. The van der Waals surface area contributed by atoms with Crippen LogP contribution in [0.1, 0.15) is 38.6 Å². The Hall–Kier alpha value is -1.40. The fourth-order valence-corrected chi connectivity index (χ4v) is 3.16. The van der Waals surface area contributed by atoms with Gasteiger partial charge in [0.2, 0.25) is 0 Å². The molecule has 20 heavy (non-hydrogen) atoms. The number of nitrogens with zero attached hydrogens (tertiary/aromatic N) is 1. The van der Waals surface area contributed by atoms with Gasteiger partial charge in [0.1, 0.15) is 4.88 Å². The average molecular weight is 296 g/mol. The lowest BCUT2D eigenvalue weighted by molar-refractivity contribution is 0.0702. The van der Waals surface area contributed by atoms with Gasteiger partial charge in [-0.15, -0.1) is 11.3 Å². The lowest BCUT2D eigenvalue weighted by Gasteiger charge is -2.28. The van der Waals surface area contributed by atoms with Crippen molar-refractivity contribution in [2.24, 2.45) is 5.92 Å². The van der Waals surface area contributed by atoms with Gasteiger partial charge in [0.05, 0.1) is 4.88 Å². The molecule has 1 amide bonds. The number of carboxylic acids is 1. The number of hydrogen-bond donors (Lipinski definition) is 2. The van der Waals surface area contributed by atoms with Crippen LogP contribution in [0.25, 0.3) is 0 Å². The van der Waals surface area contributed by atoms with Crippen molar-refractivity contribution in [1.82, 2.24) is 10.2 Å². The van der Waals surface area contributed by atoms with E-state index in [1.54, 1.807) is 6.07 Å². The first-order valence-corrected chi connectivity index (χ1v) is 7.68. The second kappa shape index (κ2) is 6.85. The van der Waals surface area contributed by atoms with Crippen molar-refractivity contribution in [2.75, 3.05) is 26.7 Å². The molecule has 0 unspecified atom stereocenters. The lowest BCUT2D eigenvalue weighted by atomic mass is 9.94. The number of rotatable bonds is 5. The molecular formula is C14H20N2O3S. The zero-order valence-electron chi connectivity index (χ0n) is 11.6. The van der Waals surface area contributed by atoms with Crippen LogP contribution in [0, 0.1) is 5.92 Å². The Labute approximate surface area is 122 Å². The molecule has 0 aliphatic carbocycles. The topological polar surface area (TPSA) is 69.6 Å². The molecule has 0 saturated carbocycles. The molecule has 1 aromatic rings. The number of carbonyl (C=O) groups excluding carboxylic acids is 1. The molecule has 1 fully saturated rings. The van der Waals surface area contributed by atoms with Gasteiger partial charge in [0, 0.05) is 6.54 Å². The molecule has 0 atom stereocenters. The molecule has 1 aliphatic heterocycles. The summed E-state index contributed by atoms with van der Waals surface area (Å²) in [6.45, 7) is 2.92. The Morgan fingerprint density at radius 1 is 1.35 bits per heavy atom. The summed E-state index contributed by atoms with van der Waals surface area (Å²) in [4.78, 5) is 25.6. The number of aromatic carboxylic acids is 1. The van der Waals surface area contributed by atoms with Gasteiger partial charge in [-0.25, -0.2) is 4.79 Å². The minimum Gasteiger partial charge on any atom is -0.477 e. The van der Waals surface area contributed by atoms with Crippen molar-refractivity contribution in [3.63, 3.8) is 0 Å². The summed E-state index contributed by atoms with van der Waals surface area (Å²) in [6.07, 6.45) is 3.37. The number of carboxylic acid groups (broad SMARTS) is 1. The Balaban J connectivity index is 1.73. The van der Waals surface area contributed by atoms with Crippen LogP contribution in [0.5, 0.6) is 0 Å². The maximum atomic E-state index is 11.9. The Morgan fingerprint density at radius 2 is 2.00 bits per heavy atom. The van der Waals surface area contributed by atoms with E-state index in [4.69, 9.17) is 5.11 Å². The predicted molar refractivity (Wildman–Crippen MR) is 78.4 cm³/mol. The zero-order valence-corrected chi connectivity index (χ0v) is 12.4. The summed E-state index contributed by atoms with van der Waals surface area (Å²) in [7, 11) is 2.13. The molecule has 2 heterocycles. The van der Waals surface area contributed by atoms with Gasteiger partial charge in [-0.1, -0.05) is 0 Å². The van der Waals surface area contributed by atoms with Crippen LogP contribution < -0.4 is 5.32 Å². The molecule has 2 N–H and O–H groups in total. The van der Waals surface area contributed by atoms with Crippen LogP contribution in [0.15, 0.2) is 12.1 Å². The van der Waals surface area contributed by atoms with E-state index in [2.05, 4.69) is 17.3 Å². The summed E-state index contributed by atoms with van der Waals surface area (Å²) in [5.41, 5.74) is 0. The molecule has 1 aliphatic rings. The molecule has 1 aromatic heterocycles. The van der Waals surface area contributed by atoms with Crippen molar-refractivity contribution < 1.29 is 14.7 Å². The van der Waals surface area contributed by atoms with Crippen molar-refractivity contribution in [2.45, 2.75) is 19.3 Å². The SMILES string of the molecule is CN1CCC(CCNC(=O)c2ccc(C(=O)O)s2)CC1. The third-order valence-corrected chi connectivity index (χ3v) is 4.79. The molecule has 0 bridgehead atoms. The maximum absolute atomic E-state index is 11.9. The van der Waals surface area contributed by atoms with Crippen LogP contribution in [0.3, 0.4) is 0 Å². The number of piperidine rings is 1. The maximum Gasteiger partial charge on any atom is 0.345 e. The van der Waals surface area contributed by atoms with E-state index in [9.17, 15) is 9.59 Å². The highest BCUT2D eigenvalue weighted by atomic mass is 32.1. The van der Waals surface area contributed by atoms with Crippen LogP contribution in [0.4, 0.5) is 0 Å². The quantitative estimate of drug-likeness (QED) is 0.871. The fraction of sp³-hybridized carbons (Fsp3) is 0.571. The minimum absolute atomic E-state index is 0.171. The van der Waals surface area contributed by atoms with Crippen molar-refractivity contribution >= 4 is 23.2 Å². The van der Waals surface area contributed by atoms with Crippen molar-refractivity contribution in [1.29, 1.82) is 0 Å². The van der Waals surface area contributed by atoms with E-state index < -0.39 is 5.97 Å². The summed E-state index contributed by atoms with van der Waals surface area (Å²) in [5, 5.41) is 11.7. The van der Waals surface area contributed by atoms with E-state index in [0.29, 0.717) is 17.3 Å². The number of hydrogen-bond acceptors (Lipinski definition) is 4. The second-order valence-corrected chi connectivity index (χ2v) is 6.34. The van der Waals surface area contributed by atoms with Gasteiger partial charge >= 0.3 is 5.97 Å². The molecule has 0 radical (unpaired) electrons. The molecular weight excluding hydrogens is 276 g/mol. The van der Waals surface area contributed by atoms with Gasteiger partial charge in [-0.2, -0.15) is 0 Å². The average Bonchev–Trinajstić information content (AvgIpc) is 2.91. The summed E-state index contributed by atoms with van der Waals surface area (Å²) in [5.74, 6) is -0.472. The molecule has 2 rings (SSSR count). The first-order valence-electron chi connectivity index (χ1n) is 6.86. The number of likely N-dealkylation sites (tertiary alicyclic amines) is 1. The molecule has 6 heteroatoms. The third kappa shape index (κ3) is 4.05. The molecule has 5 nitrogen and oxygen atoms in total. The first-order chi connectivity index (χ1) is 9.56. The van der Waals surface area contributed by atoms with Gasteiger partial charge in [-0.05, 0) is 57.5 Å². The highest BCUT2D eigenvalue weighted by Crippen LogP contribution is 2.19. The number of carbonyl (C=O) groups is 2. The molecule has 110 valence electrons. The summed E-state index contributed by atoms with van der Waals surface area (Å²) in [6, 6.07) is 3.04. The highest BCUT2D eigenvalue weighted by molar-refractivity contribution is 7.15. The van der Waals surface area contributed by atoms with Gasteiger partial charge in [0.25, 0.3) is 5.91 Å². The van der Waals surface area contributed by atoms with Crippen LogP contribution in [-0.4, -0.2) is 48.6 Å². The van der Waals surface area contributed by atoms with Crippen LogP contribution in [0.2, 0.25) is 0 Å². The monoisotopic (exact) mass is 296 g/mol. The predicted octanol–water partition coefficient (Wildman–Crippen LogP) is 1.91. The summed E-state index contributed by atoms with van der Waals surface area (Å²) >= 11 is 1.02. The van der Waals surface area contributed by atoms with Crippen molar-refractivity contribution in [3.8, 4) is 0 Å². The van der Waals surface area contributed by atoms with E-state index in [1.807, 2.05) is 0 Å². The third-order valence-electron chi connectivity index (χ3n) is 3.72. The normalized spacial score (nSPS) is 17.1. The fourth-order valence-electron chi connectivity index (χ4n) is 2.40. The number of nitrogens with one attached hydrogen (secondary N) is 1. The molecule has 1 saturated heterocycles. The Bertz CT molecular complexity index is 479. The van der Waals surface area contributed by atoms with Crippen LogP contribution in [-0.2, 0) is 0 Å². The van der Waals surface area contributed by atoms with Gasteiger partial charge in [0.15, 0.2) is 0 Å². The van der Waals surface area contributed by atoms with Crippen LogP contribution >= 0.6 is 11.3 Å². The van der Waals surface area contributed by atoms with E-state index >= 15 is 0 Å². The standard InChI is InChI=1S/C14H20N2O3S/c1-16-8-5-10(6-9-16)4-7-15-13(17)11-2-3-12(20-11)14(18)19/h2-3,10H,4-9H2,1H3,(H,15,17)(H,18,19).